The molecule has 16 heavy (non-hydrogen) atoms. The van der Waals surface area contributed by atoms with Gasteiger partial charge >= 0.3 is 0 Å². The van der Waals surface area contributed by atoms with Crippen molar-refractivity contribution >= 4 is 0 Å². The van der Waals surface area contributed by atoms with Crippen LogP contribution in [0.25, 0.3) is 0 Å². The second-order valence-electron chi connectivity index (χ2n) is 5.04. The molecule has 1 atom stereocenters. The van der Waals surface area contributed by atoms with Gasteiger partial charge in [-0.2, -0.15) is 0 Å². The Balaban J connectivity index is 1.95. The first-order valence-electron chi connectivity index (χ1n) is 6.66. The van der Waals surface area contributed by atoms with Gasteiger partial charge in [0, 0.05) is 25.0 Å². The summed E-state index contributed by atoms with van der Waals surface area (Å²) in [4.78, 5) is 0. The average Bonchev–Trinajstić information content (AvgIpc) is 2.93. The van der Waals surface area contributed by atoms with Gasteiger partial charge in [0.1, 0.15) is 0 Å². The fraction of sp³-hybridized carbons (Fsp3) is 0.714. The van der Waals surface area contributed by atoms with Gasteiger partial charge in [-0.15, -0.1) is 0 Å². The molecule has 1 aromatic rings. The highest BCUT2D eigenvalue weighted by atomic mass is 15.0. The van der Waals surface area contributed by atoms with Crippen LogP contribution in [0.4, 0.5) is 0 Å². The molecule has 0 aliphatic heterocycles. The van der Waals surface area contributed by atoms with E-state index in [-0.39, 0.29) is 0 Å². The zero-order chi connectivity index (χ0) is 11.4. The van der Waals surface area contributed by atoms with Crippen molar-refractivity contribution in [2.75, 3.05) is 7.05 Å². The summed E-state index contributed by atoms with van der Waals surface area (Å²) >= 11 is 0. The second-order valence-corrected chi connectivity index (χ2v) is 5.04. The Morgan fingerprint density at radius 3 is 2.81 bits per heavy atom. The molecule has 0 spiro atoms. The zero-order valence-electron chi connectivity index (χ0n) is 10.6. The van der Waals surface area contributed by atoms with Gasteiger partial charge in [-0.05, 0) is 43.9 Å². The largest absolute Gasteiger partial charge is 0.354 e. The molecule has 0 amide bonds. The van der Waals surface area contributed by atoms with E-state index >= 15 is 0 Å². The van der Waals surface area contributed by atoms with Gasteiger partial charge in [0.15, 0.2) is 0 Å². The first-order valence-corrected chi connectivity index (χ1v) is 6.66. The fourth-order valence-electron chi connectivity index (χ4n) is 2.88. The summed E-state index contributed by atoms with van der Waals surface area (Å²) in [5.41, 5.74) is 1.43. The third-order valence-corrected chi connectivity index (χ3v) is 3.88. The lowest BCUT2D eigenvalue weighted by atomic mass is 10.1. The summed E-state index contributed by atoms with van der Waals surface area (Å²) in [5, 5.41) is 3.36. The van der Waals surface area contributed by atoms with Crippen molar-refractivity contribution in [1.29, 1.82) is 0 Å². The summed E-state index contributed by atoms with van der Waals surface area (Å²) in [6, 6.07) is 2.78. The maximum Gasteiger partial charge on any atom is 0.0329 e. The quantitative estimate of drug-likeness (QED) is 0.805. The Morgan fingerprint density at radius 1 is 1.44 bits per heavy atom. The highest BCUT2D eigenvalue weighted by Crippen LogP contribution is 2.26. The van der Waals surface area contributed by atoms with Gasteiger partial charge in [-0.1, -0.05) is 19.8 Å². The Hall–Kier alpha value is -0.760. The smallest absolute Gasteiger partial charge is 0.0329 e. The Bertz CT molecular complexity index is 306. The number of hydrogen-bond acceptors (Lipinski definition) is 1. The number of nitrogens with zero attached hydrogens (tertiary/aromatic N) is 1. The van der Waals surface area contributed by atoms with Crippen LogP contribution < -0.4 is 5.32 Å². The lowest BCUT2D eigenvalue weighted by molar-refractivity contribution is 0.457. The molecule has 1 fully saturated rings. The highest BCUT2D eigenvalue weighted by molar-refractivity contribution is 5.15. The molecule has 90 valence electrons. The predicted octanol–water partition coefficient (Wildman–Crippen LogP) is 3.35. The fourth-order valence-corrected chi connectivity index (χ4v) is 2.88. The van der Waals surface area contributed by atoms with Gasteiger partial charge < -0.3 is 9.88 Å². The van der Waals surface area contributed by atoms with Crippen molar-refractivity contribution in [3.8, 4) is 0 Å². The first-order chi connectivity index (χ1) is 7.83. The Labute approximate surface area is 99.0 Å². The summed E-state index contributed by atoms with van der Waals surface area (Å²) < 4.78 is 2.38. The van der Waals surface area contributed by atoms with E-state index in [1.165, 1.54) is 37.8 Å². The zero-order valence-corrected chi connectivity index (χ0v) is 10.6. The second kappa shape index (κ2) is 5.53. The SMILES string of the molecule is CCC(NC)c1ccn(CC2CCCC2)c1. The molecule has 1 aliphatic carbocycles. The standard InChI is InChI=1S/C14H24N2/c1-3-14(15-2)13-8-9-16(11-13)10-12-6-4-5-7-12/h8-9,11-12,14-15H,3-7,10H2,1-2H3. The van der Waals surface area contributed by atoms with Crippen LogP contribution >= 0.6 is 0 Å². The maximum absolute atomic E-state index is 3.36. The molecule has 1 aliphatic rings. The first kappa shape index (κ1) is 11.7. The Kier molecular flexibility index (Phi) is 4.05. The molecular weight excluding hydrogens is 196 g/mol. The summed E-state index contributed by atoms with van der Waals surface area (Å²) in [5.74, 6) is 0.926. The van der Waals surface area contributed by atoms with Gasteiger partial charge in [-0.25, -0.2) is 0 Å². The molecule has 2 nitrogen and oxygen atoms in total. The van der Waals surface area contributed by atoms with E-state index in [0.717, 1.165) is 12.3 Å². The van der Waals surface area contributed by atoms with Crippen LogP contribution in [0.2, 0.25) is 0 Å². The normalized spacial score (nSPS) is 19.1. The van der Waals surface area contributed by atoms with E-state index in [9.17, 15) is 0 Å². The molecule has 1 aromatic heterocycles. The summed E-state index contributed by atoms with van der Waals surface area (Å²) in [6.07, 6.45) is 11.5. The van der Waals surface area contributed by atoms with Crippen molar-refractivity contribution < 1.29 is 0 Å². The summed E-state index contributed by atoms with van der Waals surface area (Å²) in [7, 11) is 2.04. The van der Waals surface area contributed by atoms with Crippen molar-refractivity contribution in [2.24, 2.45) is 5.92 Å². The monoisotopic (exact) mass is 220 g/mol. The van der Waals surface area contributed by atoms with Crippen molar-refractivity contribution in [3.05, 3.63) is 24.0 Å². The molecule has 1 heterocycles. The summed E-state index contributed by atoms with van der Waals surface area (Å²) in [6.45, 7) is 3.45. The predicted molar refractivity (Wildman–Crippen MR) is 68.5 cm³/mol. The van der Waals surface area contributed by atoms with E-state index < -0.39 is 0 Å². The Morgan fingerprint density at radius 2 is 2.19 bits per heavy atom. The van der Waals surface area contributed by atoms with Crippen LogP contribution in [0.1, 0.15) is 50.6 Å². The molecule has 1 saturated carbocycles. The van der Waals surface area contributed by atoms with Crippen molar-refractivity contribution in [1.82, 2.24) is 9.88 Å². The van der Waals surface area contributed by atoms with E-state index in [2.05, 4.69) is 35.3 Å². The van der Waals surface area contributed by atoms with Crippen LogP contribution in [0.15, 0.2) is 18.5 Å². The van der Waals surface area contributed by atoms with Crippen LogP contribution in [0.5, 0.6) is 0 Å². The number of rotatable bonds is 5. The van der Waals surface area contributed by atoms with E-state index in [0.29, 0.717) is 6.04 Å². The van der Waals surface area contributed by atoms with Gasteiger partial charge in [0.2, 0.25) is 0 Å². The highest BCUT2D eigenvalue weighted by Gasteiger charge is 2.16. The molecule has 1 unspecified atom stereocenters. The van der Waals surface area contributed by atoms with Crippen molar-refractivity contribution in [3.63, 3.8) is 0 Å². The van der Waals surface area contributed by atoms with Crippen LogP contribution in [-0.2, 0) is 6.54 Å². The number of aromatic nitrogens is 1. The molecule has 0 aromatic carbocycles. The minimum atomic E-state index is 0.518. The molecule has 2 rings (SSSR count). The third-order valence-electron chi connectivity index (χ3n) is 3.88. The van der Waals surface area contributed by atoms with Crippen molar-refractivity contribution in [2.45, 2.75) is 51.6 Å². The molecule has 0 radical (unpaired) electrons. The molecule has 2 heteroatoms. The molecule has 0 saturated heterocycles. The van der Waals surface area contributed by atoms with Gasteiger partial charge in [0.05, 0.1) is 0 Å². The lowest BCUT2D eigenvalue weighted by Crippen LogP contribution is -2.14. The van der Waals surface area contributed by atoms with Crippen LogP contribution in [0.3, 0.4) is 0 Å². The van der Waals surface area contributed by atoms with E-state index in [1.54, 1.807) is 0 Å². The van der Waals surface area contributed by atoms with Crippen LogP contribution in [-0.4, -0.2) is 11.6 Å². The van der Waals surface area contributed by atoms with Gasteiger partial charge in [-0.3, -0.25) is 0 Å². The average molecular weight is 220 g/mol. The van der Waals surface area contributed by atoms with Crippen LogP contribution in [0, 0.1) is 5.92 Å². The molecule has 1 N–H and O–H groups in total. The van der Waals surface area contributed by atoms with E-state index in [4.69, 9.17) is 0 Å². The minimum Gasteiger partial charge on any atom is -0.354 e. The van der Waals surface area contributed by atoms with Gasteiger partial charge in [0.25, 0.3) is 0 Å². The topological polar surface area (TPSA) is 17.0 Å². The lowest BCUT2D eigenvalue weighted by Gasteiger charge is -2.12. The number of hydrogen-bond donors (Lipinski definition) is 1. The van der Waals surface area contributed by atoms with E-state index in [1.807, 2.05) is 7.05 Å². The minimum absolute atomic E-state index is 0.518. The molecular formula is C14H24N2. The molecule has 0 bridgehead atoms. The third kappa shape index (κ3) is 2.67. The number of nitrogens with one attached hydrogen (secondary N) is 1. The maximum atomic E-state index is 3.36.